The molecule has 0 spiro atoms. The van der Waals surface area contributed by atoms with Gasteiger partial charge in [-0.3, -0.25) is 0 Å². The Kier molecular flexibility index (Phi) is 5.10. The number of rotatable bonds is 6. The molecule has 0 unspecified atom stereocenters. The van der Waals surface area contributed by atoms with Crippen molar-refractivity contribution in [3.8, 4) is 5.75 Å². The molecule has 4 heteroatoms. The van der Waals surface area contributed by atoms with Crippen LogP contribution in [-0.4, -0.2) is 6.54 Å². The van der Waals surface area contributed by atoms with E-state index in [-0.39, 0.29) is 0 Å². The highest BCUT2D eigenvalue weighted by Gasteiger charge is 2.08. The van der Waals surface area contributed by atoms with Gasteiger partial charge >= 0.3 is 0 Å². The van der Waals surface area contributed by atoms with E-state index in [0.29, 0.717) is 6.61 Å². The second-order valence-corrected chi connectivity index (χ2v) is 5.23. The summed E-state index contributed by atoms with van der Waals surface area (Å²) in [6.45, 7) is 8.21. The first-order valence-corrected chi connectivity index (χ1v) is 7.15. The molecule has 0 aliphatic rings. The van der Waals surface area contributed by atoms with Crippen molar-refractivity contribution in [3.63, 3.8) is 0 Å². The van der Waals surface area contributed by atoms with Crippen LogP contribution in [0.4, 0.5) is 0 Å². The molecule has 0 fully saturated rings. The molecule has 3 nitrogen and oxygen atoms in total. The number of ether oxygens (including phenoxy) is 1. The van der Waals surface area contributed by atoms with Gasteiger partial charge in [-0.05, 0) is 55.8 Å². The minimum atomic E-state index is 0.426. The van der Waals surface area contributed by atoms with E-state index in [1.165, 1.54) is 0 Å². The van der Waals surface area contributed by atoms with Gasteiger partial charge in [0.2, 0.25) is 0 Å². The standard InChI is InChI=1S/C16H20ClNO2/c1-4-18-9-16-12(3)8-14(20-16)10-19-15-6-5-13(17)7-11(15)2/h5-8,18H,4,9-10H2,1-3H3. The van der Waals surface area contributed by atoms with Crippen LogP contribution in [0.1, 0.15) is 29.6 Å². The average molecular weight is 294 g/mol. The quantitative estimate of drug-likeness (QED) is 0.865. The van der Waals surface area contributed by atoms with Crippen molar-refractivity contribution < 1.29 is 9.15 Å². The third-order valence-corrected chi connectivity index (χ3v) is 3.35. The van der Waals surface area contributed by atoms with Crippen LogP contribution < -0.4 is 10.1 Å². The molecule has 2 aromatic rings. The largest absolute Gasteiger partial charge is 0.485 e. The monoisotopic (exact) mass is 293 g/mol. The summed E-state index contributed by atoms with van der Waals surface area (Å²) in [7, 11) is 0. The van der Waals surface area contributed by atoms with Gasteiger partial charge in [-0.25, -0.2) is 0 Å². The van der Waals surface area contributed by atoms with Crippen molar-refractivity contribution in [1.82, 2.24) is 5.32 Å². The van der Waals surface area contributed by atoms with Crippen LogP contribution >= 0.6 is 11.6 Å². The lowest BCUT2D eigenvalue weighted by atomic mass is 10.2. The molecule has 1 N–H and O–H groups in total. The van der Waals surface area contributed by atoms with E-state index in [4.69, 9.17) is 20.8 Å². The third kappa shape index (κ3) is 3.78. The van der Waals surface area contributed by atoms with E-state index in [9.17, 15) is 0 Å². The summed E-state index contributed by atoms with van der Waals surface area (Å²) in [4.78, 5) is 0. The minimum Gasteiger partial charge on any atom is -0.485 e. The lowest BCUT2D eigenvalue weighted by Gasteiger charge is -2.07. The molecule has 0 atom stereocenters. The smallest absolute Gasteiger partial charge is 0.146 e. The predicted molar refractivity (Wildman–Crippen MR) is 81.3 cm³/mol. The fraction of sp³-hybridized carbons (Fsp3) is 0.375. The summed E-state index contributed by atoms with van der Waals surface area (Å²) >= 11 is 5.93. The van der Waals surface area contributed by atoms with Gasteiger partial charge in [0.25, 0.3) is 0 Å². The van der Waals surface area contributed by atoms with Gasteiger partial charge in [0.05, 0.1) is 6.54 Å². The summed E-state index contributed by atoms with van der Waals surface area (Å²) in [5.41, 5.74) is 2.17. The van der Waals surface area contributed by atoms with Crippen LogP contribution in [0.2, 0.25) is 5.02 Å². The molecule has 0 aliphatic carbocycles. The van der Waals surface area contributed by atoms with Crippen LogP contribution in [0.3, 0.4) is 0 Å². The van der Waals surface area contributed by atoms with Gasteiger partial charge < -0.3 is 14.5 Å². The maximum absolute atomic E-state index is 5.93. The van der Waals surface area contributed by atoms with Crippen LogP contribution in [0.5, 0.6) is 5.75 Å². The number of benzene rings is 1. The van der Waals surface area contributed by atoms with E-state index in [1.807, 2.05) is 38.1 Å². The van der Waals surface area contributed by atoms with Gasteiger partial charge in [0.15, 0.2) is 0 Å². The Morgan fingerprint density at radius 3 is 2.70 bits per heavy atom. The van der Waals surface area contributed by atoms with Gasteiger partial charge in [-0.2, -0.15) is 0 Å². The summed E-state index contributed by atoms with van der Waals surface area (Å²) in [5.74, 6) is 2.64. The third-order valence-electron chi connectivity index (χ3n) is 3.11. The first-order valence-electron chi connectivity index (χ1n) is 6.78. The fourth-order valence-electron chi connectivity index (χ4n) is 2.00. The maximum Gasteiger partial charge on any atom is 0.146 e. The number of hydrogen-bond acceptors (Lipinski definition) is 3. The van der Waals surface area contributed by atoms with Crippen molar-refractivity contribution in [2.24, 2.45) is 0 Å². The second-order valence-electron chi connectivity index (χ2n) is 4.80. The molecular formula is C16H20ClNO2. The summed E-state index contributed by atoms with van der Waals surface area (Å²) in [6.07, 6.45) is 0. The molecule has 0 radical (unpaired) electrons. The topological polar surface area (TPSA) is 34.4 Å². The fourth-order valence-corrected chi connectivity index (χ4v) is 2.23. The van der Waals surface area contributed by atoms with E-state index < -0.39 is 0 Å². The first kappa shape index (κ1) is 14.9. The van der Waals surface area contributed by atoms with Gasteiger partial charge in [0, 0.05) is 5.02 Å². The Labute approximate surface area is 124 Å². The average Bonchev–Trinajstić information content (AvgIpc) is 2.76. The van der Waals surface area contributed by atoms with Crippen molar-refractivity contribution in [2.75, 3.05) is 6.54 Å². The molecule has 0 aliphatic heterocycles. The van der Waals surface area contributed by atoms with Gasteiger partial charge in [0.1, 0.15) is 23.9 Å². The van der Waals surface area contributed by atoms with Gasteiger partial charge in [-0.15, -0.1) is 0 Å². The Morgan fingerprint density at radius 2 is 2.00 bits per heavy atom. The van der Waals surface area contributed by atoms with Crippen molar-refractivity contribution >= 4 is 11.6 Å². The van der Waals surface area contributed by atoms with Crippen LogP contribution in [0.25, 0.3) is 0 Å². The Morgan fingerprint density at radius 1 is 1.20 bits per heavy atom. The highest BCUT2D eigenvalue weighted by atomic mass is 35.5. The lowest BCUT2D eigenvalue weighted by Crippen LogP contribution is -2.11. The van der Waals surface area contributed by atoms with Crippen molar-refractivity contribution in [3.05, 3.63) is 51.9 Å². The lowest BCUT2D eigenvalue weighted by molar-refractivity contribution is 0.263. The SMILES string of the molecule is CCNCc1oc(COc2ccc(Cl)cc2C)cc1C. The molecule has 0 amide bonds. The van der Waals surface area contributed by atoms with Crippen molar-refractivity contribution in [2.45, 2.75) is 33.9 Å². The summed E-state index contributed by atoms with van der Waals surface area (Å²) < 4.78 is 11.6. The zero-order valence-electron chi connectivity index (χ0n) is 12.1. The van der Waals surface area contributed by atoms with Crippen LogP contribution in [0.15, 0.2) is 28.7 Å². The van der Waals surface area contributed by atoms with E-state index >= 15 is 0 Å². The van der Waals surface area contributed by atoms with Gasteiger partial charge in [-0.1, -0.05) is 18.5 Å². The van der Waals surface area contributed by atoms with E-state index in [0.717, 1.165) is 46.5 Å². The molecule has 20 heavy (non-hydrogen) atoms. The minimum absolute atomic E-state index is 0.426. The normalized spacial score (nSPS) is 10.8. The highest BCUT2D eigenvalue weighted by Crippen LogP contribution is 2.23. The molecule has 1 heterocycles. The molecule has 108 valence electrons. The summed E-state index contributed by atoms with van der Waals surface area (Å²) in [5, 5.41) is 3.98. The molecule has 0 bridgehead atoms. The molecule has 1 aromatic heterocycles. The zero-order valence-corrected chi connectivity index (χ0v) is 12.9. The van der Waals surface area contributed by atoms with E-state index in [2.05, 4.69) is 12.2 Å². The Bertz CT molecular complexity index is 578. The Hall–Kier alpha value is -1.45. The van der Waals surface area contributed by atoms with E-state index in [1.54, 1.807) is 0 Å². The van der Waals surface area contributed by atoms with Crippen molar-refractivity contribution in [1.29, 1.82) is 0 Å². The number of hydrogen-bond donors (Lipinski definition) is 1. The summed E-state index contributed by atoms with van der Waals surface area (Å²) in [6, 6.07) is 7.62. The molecule has 0 saturated heterocycles. The first-order chi connectivity index (χ1) is 9.60. The predicted octanol–water partition coefficient (Wildman–Crippen LogP) is 4.24. The zero-order chi connectivity index (χ0) is 14.5. The highest BCUT2D eigenvalue weighted by molar-refractivity contribution is 6.30. The van der Waals surface area contributed by atoms with Crippen LogP contribution in [0, 0.1) is 13.8 Å². The molecular weight excluding hydrogens is 274 g/mol. The Balaban J connectivity index is 2.00. The maximum atomic E-state index is 5.93. The molecule has 0 saturated carbocycles. The molecule has 1 aromatic carbocycles. The second kappa shape index (κ2) is 6.82. The molecule has 2 rings (SSSR count). The number of furan rings is 1. The number of aryl methyl sites for hydroxylation is 2. The number of nitrogens with one attached hydrogen (secondary N) is 1. The number of halogens is 1. The van der Waals surface area contributed by atoms with Crippen LogP contribution in [-0.2, 0) is 13.2 Å².